The van der Waals surface area contributed by atoms with Crippen molar-refractivity contribution in [2.75, 3.05) is 19.0 Å². The molecule has 0 bridgehead atoms. The molecule has 0 unspecified atom stereocenters. The van der Waals surface area contributed by atoms with Crippen LogP contribution in [-0.4, -0.2) is 34.8 Å². The minimum absolute atomic E-state index is 0.136. The molecule has 5 nitrogen and oxygen atoms in total. The van der Waals surface area contributed by atoms with Crippen LogP contribution in [0.5, 0.6) is 5.75 Å². The molecule has 0 radical (unpaired) electrons. The van der Waals surface area contributed by atoms with Crippen molar-refractivity contribution in [2.24, 2.45) is 5.92 Å². The number of halogens is 1. The number of rotatable bonds is 4. The van der Waals surface area contributed by atoms with Gasteiger partial charge in [0.1, 0.15) is 6.33 Å². The summed E-state index contributed by atoms with van der Waals surface area (Å²) in [5, 5.41) is 12.6. The first-order valence-electron chi connectivity index (χ1n) is 5.17. The van der Waals surface area contributed by atoms with Crippen molar-refractivity contribution >= 4 is 17.4 Å². The quantitative estimate of drug-likeness (QED) is 0.781. The molecule has 6 heteroatoms. The smallest absolute Gasteiger partial charge is 0.198 e. The summed E-state index contributed by atoms with van der Waals surface area (Å²) in [5.41, 5.74) is 0. The van der Waals surface area contributed by atoms with Crippen molar-refractivity contribution in [1.29, 1.82) is 0 Å². The third-order valence-electron chi connectivity index (χ3n) is 2.73. The molecule has 0 atom stereocenters. The predicted octanol–water partition coefficient (Wildman–Crippen LogP) is 1.32. The van der Waals surface area contributed by atoms with Gasteiger partial charge in [0.2, 0.25) is 0 Å². The van der Waals surface area contributed by atoms with E-state index in [9.17, 15) is 0 Å². The molecule has 0 saturated heterocycles. The summed E-state index contributed by atoms with van der Waals surface area (Å²) < 4.78 is 5.11. The largest absolute Gasteiger partial charge is 0.490 e. The number of hydrogen-bond acceptors (Lipinski definition) is 5. The molecular weight excluding hydrogens is 230 g/mol. The molecule has 88 valence electrons. The minimum Gasteiger partial charge on any atom is -0.490 e. The fourth-order valence-corrected chi connectivity index (χ4v) is 1.98. The van der Waals surface area contributed by atoms with E-state index in [0.29, 0.717) is 22.6 Å². The summed E-state index contributed by atoms with van der Waals surface area (Å²) in [6.07, 6.45) is 2.94. The summed E-state index contributed by atoms with van der Waals surface area (Å²) in [6, 6.07) is 0. The van der Waals surface area contributed by atoms with Gasteiger partial charge < -0.3 is 15.2 Å². The highest BCUT2D eigenvalue weighted by molar-refractivity contribution is 6.31. The van der Waals surface area contributed by atoms with Crippen LogP contribution >= 0.6 is 11.6 Å². The van der Waals surface area contributed by atoms with Crippen LogP contribution in [0.1, 0.15) is 12.8 Å². The first-order valence-corrected chi connectivity index (χ1v) is 5.55. The number of anilines is 1. The van der Waals surface area contributed by atoms with Crippen LogP contribution < -0.4 is 10.1 Å². The average molecular weight is 244 g/mol. The molecule has 1 saturated carbocycles. The van der Waals surface area contributed by atoms with Crippen LogP contribution in [0.4, 0.5) is 5.82 Å². The van der Waals surface area contributed by atoms with Crippen molar-refractivity contribution in [3.63, 3.8) is 0 Å². The van der Waals surface area contributed by atoms with Crippen LogP contribution in [0.15, 0.2) is 6.33 Å². The summed E-state index contributed by atoms with van der Waals surface area (Å²) in [4.78, 5) is 7.90. The Morgan fingerprint density at radius 3 is 2.94 bits per heavy atom. The van der Waals surface area contributed by atoms with Gasteiger partial charge in [0.15, 0.2) is 16.7 Å². The molecule has 0 aliphatic heterocycles. The van der Waals surface area contributed by atoms with Gasteiger partial charge >= 0.3 is 0 Å². The van der Waals surface area contributed by atoms with Gasteiger partial charge in [-0.05, 0) is 18.8 Å². The molecule has 0 amide bonds. The third-order valence-corrected chi connectivity index (χ3v) is 3.00. The SMILES string of the molecule is COc1c(Cl)ncnc1NCC1CC(O)C1. The van der Waals surface area contributed by atoms with Crippen LogP contribution in [0, 0.1) is 5.92 Å². The lowest BCUT2D eigenvalue weighted by atomic mass is 9.82. The van der Waals surface area contributed by atoms with Crippen LogP contribution in [0.2, 0.25) is 5.15 Å². The summed E-state index contributed by atoms with van der Waals surface area (Å²) in [5.74, 6) is 1.56. The second kappa shape index (κ2) is 4.84. The highest BCUT2D eigenvalue weighted by atomic mass is 35.5. The molecule has 0 aromatic carbocycles. The van der Waals surface area contributed by atoms with E-state index in [2.05, 4.69) is 15.3 Å². The Kier molecular flexibility index (Phi) is 3.46. The first-order chi connectivity index (χ1) is 7.70. The summed E-state index contributed by atoms with van der Waals surface area (Å²) in [6.45, 7) is 0.765. The van der Waals surface area contributed by atoms with Gasteiger partial charge in [-0.2, -0.15) is 0 Å². The Hall–Kier alpha value is -1.07. The van der Waals surface area contributed by atoms with Crippen LogP contribution in [-0.2, 0) is 0 Å². The van der Waals surface area contributed by atoms with Gasteiger partial charge in [-0.25, -0.2) is 9.97 Å². The highest BCUT2D eigenvalue weighted by Gasteiger charge is 2.27. The molecule has 1 aliphatic carbocycles. The van der Waals surface area contributed by atoms with Crippen molar-refractivity contribution < 1.29 is 9.84 Å². The zero-order chi connectivity index (χ0) is 11.5. The fraction of sp³-hybridized carbons (Fsp3) is 0.600. The van der Waals surface area contributed by atoms with Crippen LogP contribution in [0.25, 0.3) is 0 Å². The number of ether oxygens (including phenoxy) is 1. The van der Waals surface area contributed by atoms with E-state index in [1.165, 1.54) is 13.4 Å². The Morgan fingerprint density at radius 1 is 1.56 bits per heavy atom. The van der Waals surface area contributed by atoms with Gasteiger partial charge in [0, 0.05) is 6.54 Å². The minimum atomic E-state index is -0.136. The highest BCUT2D eigenvalue weighted by Crippen LogP contribution is 2.31. The molecule has 1 fully saturated rings. The Morgan fingerprint density at radius 2 is 2.31 bits per heavy atom. The number of methoxy groups -OCH3 is 1. The summed E-state index contributed by atoms with van der Waals surface area (Å²) >= 11 is 5.86. The molecule has 2 N–H and O–H groups in total. The summed E-state index contributed by atoms with van der Waals surface area (Å²) in [7, 11) is 1.53. The maximum Gasteiger partial charge on any atom is 0.198 e. The molecule has 1 aromatic rings. The van der Waals surface area contributed by atoms with Gasteiger partial charge in [0.25, 0.3) is 0 Å². The van der Waals surface area contributed by atoms with Gasteiger partial charge in [-0.3, -0.25) is 0 Å². The van der Waals surface area contributed by atoms with Gasteiger partial charge in [0.05, 0.1) is 13.2 Å². The zero-order valence-electron chi connectivity index (χ0n) is 8.98. The lowest BCUT2D eigenvalue weighted by Gasteiger charge is -2.31. The van der Waals surface area contributed by atoms with E-state index >= 15 is 0 Å². The number of nitrogens with zero attached hydrogens (tertiary/aromatic N) is 2. The maximum atomic E-state index is 9.16. The average Bonchev–Trinajstić information content (AvgIpc) is 2.23. The molecule has 0 spiro atoms. The van der Waals surface area contributed by atoms with Crippen LogP contribution in [0.3, 0.4) is 0 Å². The number of aromatic nitrogens is 2. The lowest BCUT2D eigenvalue weighted by Crippen LogP contribution is -2.33. The Labute approximate surface area is 98.8 Å². The molecule has 1 aliphatic rings. The molecular formula is C10H14ClN3O2. The molecule has 1 heterocycles. The Balaban J connectivity index is 1.95. The maximum absolute atomic E-state index is 9.16. The number of aliphatic hydroxyl groups excluding tert-OH is 1. The fourth-order valence-electron chi connectivity index (χ4n) is 1.77. The second-order valence-electron chi connectivity index (χ2n) is 3.92. The number of hydrogen-bond donors (Lipinski definition) is 2. The number of nitrogens with one attached hydrogen (secondary N) is 1. The van der Waals surface area contributed by atoms with E-state index in [1.54, 1.807) is 0 Å². The van der Waals surface area contributed by atoms with Gasteiger partial charge in [-0.1, -0.05) is 11.6 Å². The predicted molar refractivity (Wildman–Crippen MR) is 60.8 cm³/mol. The number of aliphatic hydroxyl groups is 1. The normalized spacial score (nSPS) is 23.7. The van der Waals surface area contributed by atoms with E-state index < -0.39 is 0 Å². The zero-order valence-corrected chi connectivity index (χ0v) is 9.74. The van der Waals surface area contributed by atoms with Crippen molar-refractivity contribution in [1.82, 2.24) is 9.97 Å². The van der Waals surface area contributed by atoms with E-state index in [-0.39, 0.29) is 6.10 Å². The van der Waals surface area contributed by atoms with E-state index in [4.69, 9.17) is 21.4 Å². The van der Waals surface area contributed by atoms with Gasteiger partial charge in [-0.15, -0.1) is 0 Å². The van der Waals surface area contributed by atoms with E-state index in [1.807, 2.05) is 0 Å². The van der Waals surface area contributed by atoms with Crippen molar-refractivity contribution in [2.45, 2.75) is 18.9 Å². The molecule has 1 aromatic heterocycles. The second-order valence-corrected chi connectivity index (χ2v) is 4.28. The first kappa shape index (κ1) is 11.4. The molecule has 16 heavy (non-hydrogen) atoms. The lowest BCUT2D eigenvalue weighted by molar-refractivity contribution is 0.0486. The van der Waals surface area contributed by atoms with Crippen molar-refractivity contribution in [3.8, 4) is 5.75 Å². The molecule has 2 rings (SSSR count). The Bertz CT molecular complexity index is 369. The third kappa shape index (κ3) is 2.36. The standard InChI is InChI=1S/C10H14ClN3O2/c1-16-8-9(11)13-5-14-10(8)12-4-6-2-7(15)3-6/h5-7,15H,2-4H2,1H3,(H,12,13,14). The monoisotopic (exact) mass is 243 g/mol. The van der Waals surface area contributed by atoms with E-state index in [0.717, 1.165) is 19.4 Å². The van der Waals surface area contributed by atoms with Crippen molar-refractivity contribution in [3.05, 3.63) is 11.5 Å². The topological polar surface area (TPSA) is 67.3 Å².